The van der Waals surface area contributed by atoms with Crippen LogP contribution >= 0.6 is 0 Å². The average Bonchev–Trinajstić information content (AvgIpc) is 2.38. The minimum Gasteiger partial charge on any atom is -0.386 e. The Morgan fingerprint density at radius 2 is 2.30 bits per heavy atom. The number of nitrogens with zero attached hydrogens (tertiary/aromatic N) is 1. The number of allylic oxidation sites excluding steroid dienone is 4. The van der Waals surface area contributed by atoms with E-state index in [2.05, 4.69) is 24.2 Å². The number of aldehydes is 1. The number of hydrogen-bond donors (Lipinski definition) is 2. The molecule has 0 saturated heterocycles. The molecule has 1 aliphatic carbocycles. The van der Waals surface area contributed by atoms with Gasteiger partial charge in [-0.05, 0) is 31.4 Å². The second-order valence-corrected chi connectivity index (χ2v) is 5.39. The Hall–Kier alpha value is -1.68. The molecule has 0 spiro atoms. The zero-order valence-electron chi connectivity index (χ0n) is 12.5. The zero-order valence-corrected chi connectivity index (χ0v) is 12.5. The molecular weight excluding hydrogens is 250 g/mol. The third-order valence-electron chi connectivity index (χ3n) is 3.17. The number of aliphatic imine (C=N–C) groups is 1. The number of nitrogens with two attached hydrogens (primary N) is 1. The van der Waals surface area contributed by atoms with Crippen molar-refractivity contribution in [1.29, 1.82) is 0 Å². The fourth-order valence-corrected chi connectivity index (χ4v) is 2.06. The van der Waals surface area contributed by atoms with Crippen molar-refractivity contribution in [2.75, 3.05) is 7.05 Å². The van der Waals surface area contributed by atoms with Crippen molar-refractivity contribution in [3.63, 3.8) is 0 Å². The van der Waals surface area contributed by atoms with Crippen LogP contribution in [0.3, 0.4) is 0 Å². The molecule has 2 atom stereocenters. The Morgan fingerprint density at radius 3 is 2.90 bits per heavy atom. The summed E-state index contributed by atoms with van der Waals surface area (Å²) in [5.74, 6) is 1.18. The number of rotatable bonds is 6. The van der Waals surface area contributed by atoms with E-state index in [0.29, 0.717) is 18.2 Å². The standard InChI is InChI=1S/C16H25N3O/c1-12(2)10-15(18-3)16(17)19-14-8-4-6-13(11-20)7-5-9-14/h4-6,8-9,11-12,14-15,18H,7,10H2,1-3H3,(H2,17,19)/b8-4?,9-5-,13-6+/t14?,15-/m0/s1. The lowest BCUT2D eigenvalue weighted by Gasteiger charge is -2.19. The van der Waals surface area contributed by atoms with Crippen molar-refractivity contribution in [3.8, 4) is 0 Å². The molecule has 0 heterocycles. The summed E-state index contributed by atoms with van der Waals surface area (Å²) in [6.07, 6.45) is 12.0. The van der Waals surface area contributed by atoms with Crippen LogP contribution in [0.25, 0.3) is 0 Å². The summed E-state index contributed by atoms with van der Waals surface area (Å²) in [6, 6.07) is 0.0331. The first kappa shape index (κ1) is 16.4. The second-order valence-electron chi connectivity index (χ2n) is 5.39. The van der Waals surface area contributed by atoms with Crippen LogP contribution in [0.15, 0.2) is 40.9 Å². The Bertz CT molecular complexity index is 433. The van der Waals surface area contributed by atoms with E-state index in [1.54, 1.807) is 0 Å². The van der Waals surface area contributed by atoms with Crippen LogP contribution in [-0.2, 0) is 4.79 Å². The highest BCUT2D eigenvalue weighted by Gasteiger charge is 2.13. The van der Waals surface area contributed by atoms with Gasteiger partial charge in [-0.1, -0.05) is 44.2 Å². The fourth-order valence-electron chi connectivity index (χ4n) is 2.06. The van der Waals surface area contributed by atoms with E-state index in [-0.39, 0.29) is 12.1 Å². The highest BCUT2D eigenvalue weighted by atomic mass is 16.1. The van der Waals surface area contributed by atoms with Gasteiger partial charge in [0.1, 0.15) is 12.1 Å². The van der Waals surface area contributed by atoms with Gasteiger partial charge < -0.3 is 11.1 Å². The van der Waals surface area contributed by atoms with E-state index in [9.17, 15) is 4.79 Å². The van der Waals surface area contributed by atoms with Crippen LogP contribution in [0.2, 0.25) is 0 Å². The van der Waals surface area contributed by atoms with Crippen LogP contribution in [0.5, 0.6) is 0 Å². The fraction of sp³-hybridized carbons (Fsp3) is 0.500. The van der Waals surface area contributed by atoms with Gasteiger partial charge in [-0.2, -0.15) is 0 Å². The van der Waals surface area contributed by atoms with Crippen molar-refractivity contribution in [2.45, 2.75) is 38.8 Å². The van der Waals surface area contributed by atoms with Gasteiger partial charge in [0.2, 0.25) is 0 Å². The van der Waals surface area contributed by atoms with E-state index < -0.39 is 0 Å². The SMILES string of the molecule is CN[C@@H](CC(C)C)C(N)=NC1C=C/C=C(/C=O)C/C=C\1. The molecule has 0 aromatic rings. The van der Waals surface area contributed by atoms with E-state index in [0.717, 1.165) is 18.3 Å². The molecule has 0 saturated carbocycles. The van der Waals surface area contributed by atoms with Gasteiger partial charge in [-0.3, -0.25) is 9.79 Å². The van der Waals surface area contributed by atoms with Crippen LogP contribution in [-0.4, -0.2) is 31.3 Å². The van der Waals surface area contributed by atoms with Gasteiger partial charge in [-0.25, -0.2) is 0 Å². The smallest absolute Gasteiger partial charge is 0.146 e. The maximum absolute atomic E-state index is 10.7. The van der Waals surface area contributed by atoms with Crippen molar-refractivity contribution >= 4 is 12.1 Å². The second kappa shape index (κ2) is 8.48. The molecule has 0 radical (unpaired) electrons. The molecule has 0 amide bonds. The summed E-state index contributed by atoms with van der Waals surface area (Å²) in [7, 11) is 1.90. The van der Waals surface area contributed by atoms with Crippen LogP contribution in [0.1, 0.15) is 26.7 Å². The van der Waals surface area contributed by atoms with Crippen molar-refractivity contribution in [1.82, 2.24) is 5.32 Å². The summed E-state index contributed by atoms with van der Waals surface area (Å²) in [5, 5.41) is 3.20. The van der Waals surface area contributed by atoms with Gasteiger partial charge in [0.15, 0.2) is 0 Å². The van der Waals surface area contributed by atoms with Gasteiger partial charge in [-0.15, -0.1) is 0 Å². The zero-order chi connectivity index (χ0) is 15.0. The highest BCUT2D eigenvalue weighted by Crippen LogP contribution is 2.09. The maximum Gasteiger partial charge on any atom is 0.146 e. The van der Waals surface area contributed by atoms with E-state index in [4.69, 9.17) is 5.73 Å². The Kier molecular flexibility index (Phi) is 6.94. The monoisotopic (exact) mass is 275 g/mol. The summed E-state index contributed by atoms with van der Waals surface area (Å²) in [5.41, 5.74) is 6.86. The molecule has 110 valence electrons. The molecule has 0 aromatic heterocycles. The molecule has 20 heavy (non-hydrogen) atoms. The number of nitrogens with one attached hydrogen (secondary N) is 1. The number of carbonyl (C=O) groups is 1. The van der Waals surface area contributed by atoms with Crippen molar-refractivity contribution < 1.29 is 4.79 Å². The van der Waals surface area contributed by atoms with Crippen LogP contribution in [0.4, 0.5) is 0 Å². The van der Waals surface area contributed by atoms with Gasteiger partial charge in [0.25, 0.3) is 0 Å². The van der Waals surface area contributed by atoms with Gasteiger partial charge >= 0.3 is 0 Å². The van der Waals surface area contributed by atoms with Crippen molar-refractivity contribution in [3.05, 3.63) is 36.0 Å². The summed E-state index contributed by atoms with van der Waals surface area (Å²) in [4.78, 5) is 15.3. The lowest BCUT2D eigenvalue weighted by Crippen LogP contribution is -2.41. The first-order valence-electron chi connectivity index (χ1n) is 7.06. The summed E-state index contributed by atoms with van der Waals surface area (Å²) in [6.45, 7) is 4.33. The molecule has 4 nitrogen and oxygen atoms in total. The average molecular weight is 275 g/mol. The normalized spacial score (nSPS) is 25.5. The quantitative estimate of drug-likeness (QED) is 0.337. The van der Waals surface area contributed by atoms with Crippen LogP contribution < -0.4 is 11.1 Å². The minimum absolute atomic E-state index is 0.0672. The third-order valence-corrected chi connectivity index (χ3v) is 3.17. The third kappa shape index (κ3) is 5.53. The Morgan fingerprint density at radius 1 is 1.55 bits per heavy atom. The van der Waals surface area contributed by atoms with Crippen molar-refractivity contribution in [2.24, 2.45) is 16.6 Å². The van der Waals surface area contributed by atoms with Gasteiger partial charge in [0, 0.05) is 0 Å². The Balaban J connectivity index is 2.79. The highest BCUT2D eigenvalue weighted by molar-refractivity contribution is 5.86. The molecule has 3 N–H and O–H groups in total. The molecule has 1 aliphatic rings. The number of likely N-dealkylation sites (N-methyl/N-ethyl adjacent to an activating group) is 1. The molecule has 4 heteroatoms. The molecular formula is C16H25N3O. The number of amidine groups is 1. The molecule has 1 unspecified atom stereocenters. The Labute approximate surface area is 121 Å². The first-order chi connectivity index (χ1) is 9.56. The van der Waals surface area contributed by atoms with Gasteiger partial charge in [0.05, 0.1) is 12.1 Å². The van der Waals surface area contributed by atoms with E-state index in [1.807, 2.05) is 37.4 Å². The number of carbonyl (C=O) groups excluding carboxylic acids is 1. The molecule has 0 aromatic carbocycles. The first-order valence-corrected chi connectivity index (χ1v) is 7.06. The minimum atomic E-state index is -0.0672. The predicted octanol–water partition coefficient (Wildman–Crippen LogP) is 1.99. The number of hydrogen-bond acceptors (Lipinski definition) is 3. The summed E-state index contributed by atoms with van der Waals surface area (Å²) < 4.78 is 0. The largest absolute Gasteiger partial charge is 0.386 e. The molecule has 0 fully saturated rings. The predicted molar refractivity (Wildman–Crippen MR) is 84.8 cm³/mol. The molecule has 0 bridgehead atoms. The topological polar surface area (TPSA) is 67.5 Å². The molecule has 1 rings (SSSR count). The van der Waals surface area contributed by atoms with E-state index >= 15 is 0 Å². The van der Waals surface area contributed by atoms with Crippen LogP contribution in [0, 0.1) is 5.92 Å². The lowest BCUT2D eigenvalue weighted by molar-refractivity contribution is -0.105. The lowest BCUT2D eigenvalue weighted by atomic mass is 10.0. The summed E-state index contributed by atoms with van der Waals surface area (Å²) >= 11 is 0. The maximum atomic E-state index is 10.7. The van der Waals surface area contributed by atoms with E-state index in [1.165, 1.54) is 0 Å². The molecule has 0 aliphatic heterocycles.